The van der Waals surface area contributed by atoms with Gasteiger partial charge < -0.3 is 14.8 Å². The summed E-state index contributed by atoms with van der Waals surface area (Å²) < 4.78 is 10.4. The molecule has 0 bridgehead atoms. The predicted molar refractivity (Wildman–Crippen MR) is 90.4 cm³/mol. The van der Waals surface area contributed by atoms with Gasteiger partial charge in [0.15, 0.2) is 0 Å². The second kappa shape index (κ2) is 8.67. The summed E-state index contributed by atoms with van der Waals surface area (Å²) in [6.45, 7) is 4.57. The van der Waals surface area contributed by atoms with E-state index in [1.54, 1.807) is 42.6 Å². The predicted octanol–water partition coefficient (Wildman–Crippen LogP) is 3.30. The molecule has 6 nitrogen and oxygen atoms in total. The number of nitrogens with zero attached hydrogens (tertiary/aromatic N) is 1. The Labute approximate surface area is 140 Å². The number of ether oxygens (including phenoxy) is 2. The third-order valence-corrected chi connectivity index (χ3v) is 3.11. The van der Waals surface area contributed by atoms with Crippen molar-refractivity contribution in [2.45, 2.75) is 20.3 Å². The second-order valence-electron chi connectivity index (χ2n) is 4.96. The number of rotatable bonds is 7. The van der Waals surface area contributed by atoms with Crippen LogP contribution in [0.4, 0.5) is 5.69 Å². The van der Waals surface area contributed by atoms with Crippen LogP contribution in [0, 0.1) is 0 Å². The molecule has 0 aliphatic heterocycles. The lowest BCUT2D eigenvalue weighted by atomic mass is 10.2. The monoisotopic (exact) mass is 328 g/mol. The highest BCUT2D eigenvalue weighted by molar-refractivity contribution is 6.06. The molecule has 6 heteroatoms. The number of hydrogen-bond donors (Lipinski definition) is 1. The fourth-order valence-corrected chi connectivity index (χ4v) is 1.98. The van der Waals surface area contributed by atoms with Crippen LogP contribution in [0.1, 0.15) is 41.0 Å². The molecule has 0 atom stereocenters. The molecule has 1 heterocycles. The molecule has 0 unspecified atom stereocenters. The van der Waals surface area contributed by atoms with E-state index < -0.39 is 0 Å². The zero-order valence-electron chi connectivity index (χ0n) is 13.7. The van der Waals surface area contributed by atoms with Crippen molar-refractivity contribution >= 4 is 17.6 Å². The maximum atomic E-state index is 12.3. The van der Waals surface area contributed by atoms with Gasteiger partial charge in [-0.05, 0) is 49.7 Å². The average molecular weight is 328 g/mol. The van der Waals surface area contributed by atoms with E-state index in [-0.39, 0.29) is 17.8 Å². The second-order valence-corrected chi connectivity index (χ2v) is 4.96. The number of esters is 1. The summed E-state index contributed by atoms with van der Waals surface area (Å²) >= 11 is 0. The molecular formula is C18H20N2O4. The van der Waals surface area contributed by atoms with Gasteiger partial charge in [0.1, 0.15) is 5.56 Å². The van der Waals surface area contributed by atoms with Gasteiger partial charge in [0.25, 0.3) is 5.91 Å². The van der Waals surface area contributed by atoms with E-state index in [4.69, 9.17) is 9.47 Å². The molecule has 0 saturated heterocycles. The summed E-state index contributed by atoms with van der Waals surface area (Å²) in [5, 5.41) is 2.76. The van der Waals surface area contributed by atoms with Gasteiger partial charge in [0.2, 0.25) is 5.88 Å². The zero-order valence-corrected chi connectivity index (χ0v) is 13.7. The van der Waals surface area contributed by atoms with E-state index in [9.17, 15) is 9.59 Å². The first-order valence-corrected chi connectivity index (χ1v) is 7.82. The summed E-state index contributed by atoms with van der Waals surface area (Å²) in [6.07, 6.45) is 2.34. The Bertz CT molecular complexity index is 698. The van der Waals surface area contributed by atoms with Gasteiger partial charge in [-0.2, -0.15) is 0 Å². The number of aromatic nitrogens is 1. The third kappa shape index (κ3) is 4.55. The molecule has 1 aromatic heterocycles. The van der Waals surface area contributed by atoms with Gasteiger partial charge in [-0.15, -0.1) is 0 Å². The lowest BCUT2D eigenvalue weighted by Crippen LogP contribution is -2.14. The van der Waals surface area contributed by atoms with Crippen LogP contribution >= 0.6 is 0 Å². The number of anilines is 1. The smallest absolute Gasteiger partial charge is 0.338 e. The Morgan fingerprint density at radius 1 is 1.12 bits per heavy atom. The van der Waals surface area contributed by atoms with Crippen molar-refractivity contribution in [1.82, 2.24) is 4.98 Å². The van der Waals surface area contributed by atoms with Crippen LogP contribution in [0.2, 0.25) is 0 Å². The molecule has 24 heavy (non-hydrogen) atoms. The highest BCUT2D eigenvalue weighted by atomic mass is 16.5. The van der Waals surface area contributed by atoms with E-state index in [0.717, 1.165) is 6.42 Å². The zero-order chi connectivity index (χ0) is 17.4. The van der Waals surface area contributed by atoms with Gasteiger partial charge in [-0.25, -0.2) is 9.78 Å². The largest absolute Gasteiger partial charge is 0.477 e. The minimum Gasteiger partial charge on any atom is -0.477 e. The number of carbonyl (C=O) groups is 2. The maximum Gasteiger partial charge on any atom is 0.338 e. The first-order valence-electron chi connectivity index (χ1n) is 7.82. The van der Waals surface area contributed by atoms with Crippen molar-refractivity contribution in [2.24, 2.45) is 0 Å². The molecule has 0 aliphatic carbocycles. The summed E-state index contributed by atoms with van der Waals surface area (Å²) in [7, 11) is 0. The topological polar surface area (TPSA) is 77.5 Å². The van der Waals surface area contributed by atoms with Crippen LogP contribution in [0.25, 0.3) is 0 Å². The summed E-state index contributed by atoms with van der Waals surface area (Å²) in [4.78, 5) is 28.1. The van der Waals surface area contributed by atoms with Crippen molar-refractivity contribution in [3.8, 4) is 5.88 Å². The van der Waals surface area contributed by atoms with Crippen LogP contribution in [-0.2, 0) is 4.74 Å². The van der Waals surface area contributed by atoms with Crippen LogP contribution in [-0.4, -0.2) is 30.1 Å². The molecule has 2 aromatic rings. The number of carbonyl (C=O) groups excluding carboxylic acids is 2. The van der Waals surface area contributed by atoms with E-state index in [0.29, 0.717) is 30.0 Å². The fraction of sp³-hybridized carbons (Fsp3) is 0.278. The normalized spacial score (nSPS) is 10.1. The molecule has 126 valence electrons. The van der Waals surface area contributed by atoms with E-state index in [1.165, 1.54) is 0 Å². The Kier molecular flexibility index (Phi) is 6.31. The Balaban J connectivity index is 2.06. The van der Waals surface area contributed by atoms with E-state index >= 15 is 0 Å². The Hall–Kier alpha value is -2.89. The molecule has 0 aliphatic rings. The third-order valence-electron chi connectivity index (χ3n) is 3.11. The number of amides is 1. The van der Waals surface area contributed by atoms with Crippen molar-refractivity contribution < 1.29 is 19.1 Å². The van der Waals surface area contributed by atoms with Gasteiger partial charge >= 0.3 is 5.97 Å². The lowest BCUT2D eigenvalue weighted by Gasteiger charge is -2.10. The van der Waals surface area contributed by atoms with Gasteiger partial charge in [0, 0.05) is 11.9 Å². The van der Waals surface area contributed by atoms with Gasteiger partial charge in [-0.1, -0.05) is 6.92 Å². The number of hydrogen-bond acceptors (Lipinski definition) is 5. The lowest BCUT2D eigenvalue weighted by molar-refractivity contribution is 0.0505. The van der Waals surface area contributed by atoms with Crippen LogP contribution in [0.15, 0.2) is 42.6 Å². The molecule has 0 saturated carbocycles. The molecule has 1 N–H and O–H groups in total. The van der Waals surface area contributed by atoms with Crippen LogP contribution in [0.3, 0.4) is 0 Å². The molecule has 1 aromatic carbocycles. The van der Waals surface area contributed by atoms with Gasteiger partial charge in [0.05, 0.1) is 18.8 Å². The van der Waals surface area contributed by atoms with Crippen molar-refractivity contribution in [3.63, 3.8) is 0 Å². The first-order chi connectivity index (χ1) is 11.7. The highest BCUT2D eigenvalue weighted by Gasteiger charge is 2.14. The van der Waals surface area contributed by atoms with Crippen molar-refractivity contribution in [2.75, 3.05) is 18.5 Å². The van der Waals surface area contributed by atoms with Crippen LogP contribution in [0.5, 0.6) is 5.88 Å². The van der Waals surface area contributed by atoms with Crippen molar-refractivity contribution in [1.29, 1.82) is 0 Å². The van der Waals surface area contributed by atoms with E-state index in [2.05, 4.69) is 10.3 Å². The number of benzene rings is 1. The minimum atomic E-state index is -0.374. The Morgan fingerprint density at radius 3 is 2.54 bits per heavy atom. The molecule has 2 rings (SSSR count). The molecule has 0 fully saturated rings. The number of nitrogens with one attached hydrogen (secondary N) is 1. The minimum absolute atomic E-state index is 0.289. The maximum absolute atomic E-state index is 12.3. The molecule has 0 spiro atoms. The highest BCUT2D eigenvalue weighted by Crippen LogP contribution is 2.17. The standard InChI is InChI=1S/C18H20N2O4/c1-3-12-24-18(22)13-7-9-14(10-8-13)20-16(21)15-6-5-11-19-17(15)23-4-2/h5-11H,3-4,12H2,1-2H3,(H,20,21). The molecular weight excluding hydrogens is 308 g/mol. The SMILES string of the molecule is CCCOC(=O)c1ccc(NC(=O)c2cccnc2OCC)cc1. The summed E-state index contributed by atoms with van der Waals surface area (Å²) in [5.41, 5.74) is 1.36. The molecule has 1 amide bonds. The first kappa shape index (κ1) is 17.5. The summed E-state index contributed by atoms with van der Waals surface area (Å²) in [6, 6.07) is 9.84. The summed E-state index contributed by atoms with van der Waals surface area (Å²) in [5.74, 6) is -0.411. The molecule has 0 radical (unpaired) electrons. The Morgan fingerprint density at radius 2 is 1.88 bits per heavy atom. The number of pyridine rings is 1. The fourth-order valence-electron chi connectivity index (χ4n) is 1.98. The average Bonchev–Trinajstić information content (AvgIpc) is 2.61. The van der Waals surface area contributed by atoms with Crippen molar-refractivity contribution in [3.05, 3.63) is 53.7 Å². The van der Waals surface area contributed by atoms with Gasteiger partial charge in [-0.3, -0.25) is 4.79 Å². The van der Waals surface area contributed by atoms with Crippen LogP contribution < -0.4 is 10.1 Å². The quantitative estimate of drug-likeness (QED) is 0.789. The van der Waals surface area contributed by atoms with E-state index in [1.807, 2.05) is 13.8 Å².